The molecule has 0 aliphatic carbocycles. The number of phenols is 1. The summed E-state index contributed by atoms with van der Waals surface area (Å²) in [6.07, 6.45) is 2.30. The molecule has 0 aliphatic heterocycles. The van der Waals surface area contributed by atoms with E-state index in [1.54, 1.807) is 12.1 Å². The predicted octanol–water partition coefficient (Wildman–Crippen LogP) is 6.53. The molecule has 172 valence electrons. The molecular formula is C28H32N2O3. The second-order valence-corrected chi connectivity index (χ2v) is 7.27. The van der Waals surface area contributed by atoms with Crippen molar-refractivity contribution in [1.29, 1.82) is 0 Å². The van der Waals surface area contributed by atoms with Gasteiger partial charge in [-0.25, -0.2) is 4.98 Å². The Bertz CT molecular complexity index is 1180. The second-order valence-electron chi connectivity index (χ2n) is 7.27. The van der Waals surface area contributed by atoms with E-state index in [4.69, 9.17) is 9.15 Å². The minimum atomic E-state index is 0.249. The van der Waals surface area contributed by atoms with E-state index in [0.29, 0.717) is 6.61 Å². The van der Waals surface area contributed by atoms with Gasteiger partial charge in [-0.15, -0.1) is 0 Å². The van der Waals surface area contributed by atoms with Crippen molar-refractivity contribution >= 4 is 22.2 Å². The van der Waals surface area contributed by atoms with Crippen molar-refractivity contribution in [2.75, 3.05) is 20.2 Å². The van der Waals surface area contributed by atoms with E-state index in [0.717, 1.165) is 52.1 Å². The van der Waals surface area contributed by atoms with Crippen molar-refractivity contribution in [3.63, 3.8) is 0 Å². The normalized spacial score (nSPS) is 11.5. The lowest BCUT2D eigenvalue weighted by Crippen LogP contribution is -2.15. The maximum atomic E-state index is 9.80. The Morgan fingerprint density at radius 3 is 2.21 bits per heavy atom. The van der Waals surface area contributed by atoms with E-state index in [9.17, 15) is 5.11 Å². The lowest BCUT2D eigenvalue weighted by molar-refractivity contribution is 0.318. The van der Waals surface area contributed by atoms with Gasteiger partial charge in [0.2, 0.25) is 0 Å². The van der Waals surface area contributed by atoms with Gasteiger partial charge in [-0.05, 0) is 77.7 Å². The van der Waals surface area contributed by atoms with Crippen LogP contribution in [0.15, 0.2) is 77.5 Å². The number of nitrogens with zero attached hydrogens (tertiary/aromatic N) is 1. The van der Waals surface area contributed by atoms with E-state index in [-0.39, 0.29) is 5.75 Å². The van der Waals surface area contributed by atoms with E-state index in [1.807, 2.05) is 51.2 Å². The van der Waals surface area contributed by atoms with Gasteiger partial charge in [-0.1, -0.05) is 51.1 Å². The Kier molecular flexibility index (Phi) is 8.67. The molecule has 0 fully saturated rings. The molecule has 0 bridgehead atoms. The van der Waals surface area contributed by atoms with Crippen LogP contribution in [0.5, 0.6) is 11.5 Å². The molecule has 1 aromatic heterocycles. The number of aromatic hydroxyl groups is 1. The first-order chi connectivity index (χ1) is 16.2. The van der Waals surface area contributed by atoms with Crippen molar-refractivity contribution in [3.05, 3.63) is 89.8 Å². The van der Waals surface area contributed by atoms with Gasteiger partial charge in [-0.3, -0.25) is 0 Å². The fourth-order valence-corrected chi connectivity index (χ4v) is 3.70. The molecule has 3 aromatic carbocycles. The number of ether oxygens (including phenoxy) is 1. The largest absolute Gasteiger partial charge is 0.508 e. The first-order valence-electron chi connectivity index (χ1n) is 11.4. The van der Waals surface area contributed by atoms with Gasteiger partial charge in [0.1, 0.15) is 23.6 Å². The minimum absolute atomic E-state index is 0.249. The second kappa shape index (κ2) is 11.9. The lowest BCUT2D eigenvalue weighted by atomic mass is 9.88. The summed E-state index contributed by atoms with van der Waals surface area (Å²) in [7, 11) is 1.91. The first-order valence-corrected chi connectivity index (χ1v) is 11.4. The number of phenolic OH excluding ortho intramolecular Hbond substituents is 1. The molecule has 5 heteroatoms. The topological polar surface area (TPSA) is 67.5 Å². The van der Waals surface area contributed by atoms with E-state index in [2.05, 4.69) is 41.5 Å². The van der Waals surface area contributed by atoms with Crippen LogP contribution in [0.2, 0.25) is 0 Å². The van der Waals surface area contributed by atoms with Gasteiger partial charge in [0, 0.05) is 6.54 Å². The molecule has 1 heterocycles. The molecule has 0 unspecified atom stereocenters. The van der Waals surface area contributed by atoms with Crippen LogP contribution >= 0.6 is 0 Å². The van der Waals surface area contributed by atoms with E-state index < -0.39 is 0 Å². The molecule has 0 saturated heterocycles. The maximum absolute atomic E-state index is 9.80. The summed E-state index contributed by atoms with van der Waals surface area (Å²) < 4.78 is 11.2. The van der Waals surface area contributed by atoms with Crippen molar-refractivity contribution in [3.8, 4) is 11.5 Å². The quantitative estimate of drug-likeness (QED) is 0.239. The summed E-state index contributed by atoms with van der Waals surface area (Å²) in [4.78, 5) is 4.32. The van der Waals surface area contributed by atoms with Gasteiger partial charge in [0.15, 0.2) is 12.0 Å². The molecule has 4 aromatic rings. The van der Waals surface area contributed by atoms with Crippen molar-refractivity contribution in [2.45, 2.75) is 27.2 Å². The smallest absolute Gasteiger partial charge is 0.181 e. The van der Waals surface area contributed by atoms with Crippen molar-refractivity contribution in [1.82, 2.24) is 10.3 Å². The zero-order valence-corrected chi connectivity index (χ0v) is 19.8. The molecule has 4 rings (SSSR count). The average Bonchev–Trinajstić information content (AvgIpc) is 3.33. The Morgan fingerprint density at radius 1 is 0.939 bits per heavy atom. The highest BCUT2D eigenvalue weighted by Crippen LogP contribution is 2.36. The molecule has 5 nitrogen and oxygen atoms in total. The molecule has 33 heavy (non-hydrogen) atoms. The number of fused-ring (bicyclic) bond motifs is 1. The number of hydrogen-bond donors (Lipinski definition) is 2. The SMILES string of the molecule is CC.CC/C(=C(\c1ccc(O)cc1)c1ccc(OCCNC)cc1)c1ccc2ocnc2c1. The van der Waals surface area contributed by atoms with Crippen LogP contribution in [0.25, 0.3) is 22.2 Å². The zero-order valence-electron chi connectivity index (χ0n) is 19.8. The number of benzene rings is 3. The summed E-state index contributed by atoms with van der Waals surface area (Å²) in [5, 5.41) is 12.9. The van der Waals surface area contributed by atoms with E-state index in [1.165, 1.54) is 12.0 Å². The molecule has 0 saturated carbocycles. The van der Waals surface area contributed by atoms with Crippen LogP contribution in [-0.2, 0) is 0 Å². The molecule has 0 radical (unpaired) electrons. The summed E-state index contributed by atoms with van der Waals surface area (Å²) in [5.41, 5.74) is 7.14. The van der Waals surface area contributed by atoms with Crippen LogP contribution in [0, 0.1) is 0 Å². The molecule has 0 spiro atoms. The van der Waals surface area contributed by atoms with E-state index >= 15 is 0 Å². The fraction of sp³-hybridized carbons (Fsp3) is 0.250. The predicted molar refractivity (Wildman–Crippen MR) is 136 cm³/mol. The van der Waals surface area contributed by atoms with Gasteiger partial charge in [-0.2, -0.15) is 0 Å². The number of allylic oxidation sites excluding steroid dienone is 1. The van der Waals surface area contributed by atoms with Crippen LogP contribution in [-0.4, -0.2) is 30.3 Å². The highest BCUT2D eigenvalue weighted by atomic mass is 16.5. The molecule has 0 atom stereocenters. The monoisotopic (exact) mass is 444 g/mol. The number of rotatable bonds is 8. The third-order valence-corrected chi connectivity index (χ3v) is 5.25. The highest BCUT2D eigenvalue weighted by Gasteiger charge is 2.14. The summed E-state index contributed by atoms with van der Waals surface area (Å²) >= 11 is 0. The maximum Gasteiger partial charge on any atom is 0.181 e. The van der Waals surface area contributed by atoms with Gasteiger partial charge < -0.3 is 19.6 Å². The molecule has 0 amide bonds. The number of hydrogen-bond acceptors (Lipinski definition) is 5. The molecule has 2 N–H and O–H groups in total. The third-order valence-electron chi connectivity index (χ3n) is 5.25. The molecular weight excluding hydrogens is 412 g/mol. The number of aromatic nitrogens is 1. The standard InChI is InChI=1S/C26H26N2O3.C2H6/c1-3-23(20-8-13-25-24(16-20)28-17-31-25)26(18-4-9-21(29)10-5-18)19-6-11-22(12-7-19)30-15-14-27-2;1-2/h4-13,16-17,27,29H,3,14-15H2,1-2H3;1-2H3/b26-23-;. The highest BCUT2D eigenvalue weighted by molar-refractivity contribution is 5.99. The van der Waals surface area contributed by atoms with Gasteiger partial charge >= 0.3 is 0 Å². The number of likely N-dealkylation sites (N-methyl/N-ethyl adjacent to an activating group) is 1. The van der Waals surface area contributed by atoms with Crippen molar-refractivity contribution < 1.29 is 14.3 Å². The van der Waals surface area contributed by atoms with Crippen LogP contribution in [0.3, 0.4) is 0 Å². The van der Waals surface area contributed by atoms with Gasteiger partial charge in [0.05, 0.1) is 0 Å². The minimum Gasteiger partial charge on any atom is -0.508 e. The van der Waals surface area contributed by atoms with Gasteiger partial charge in [0.25, 0.3) is 0 Å². The van der Waals surface area contributed by atoms with Crippen LogP contribution in [0.4, 0.5) is 0 Å². The Labute approximate surface area is 195 Å². The summed E-state index contributed by atoms with van der Waals surface area (Å²) in [5.74, 6) is 1.09. The zero-order chi connectivity index (χ0) is 23.6. The Balaban J connectivity index is 0.00000149. The average molecular weight is 445 g/mol. The number of nitrogens with one attached hydrogen (secondary N) is 1. The molecule has 0 aliphatic rings. The Hall–Kier alpha value is -3.57. The fourth-order valence-electron chi connectivity index (χ4n) is 3.70. The first kappa shape index (κ1) is 24.1. The van der Waals surface area contributed by atoms with Crippen molar-refractivity contribution in [2.24, 2.45) is 0 Å². The summed E-state index contributed by atoms with van der Waals surface area (Å²) in [6, 6.07) is 21.6. The third kappa shape index (κ3) is 5.82. The van der Waals surface area contributed by atoms with Crippen LogP contribution < -0.4 is 10.1 Å². The number of oxazole rings is 1. The Morgan fingerprint density at radius 2 is 1.58 bits per heavy atom. The van der Waals surface area contributed by atoms with Crippen LogP contribution in [0.1, 0.15) is 43.9 Å². The lowest BCUT2D eigenvalue weighted by Gasteiger charge is -2.17. The summed E-state index contributed by atoms with van der Waals surface area (Å²) in [6.45, 7) is 7.57.